The Hall–Kier alpha value is -1.68. The van der Waals surface area contributed by atoms with Gasteiger partial charge in [-0.15, -0.1) is 0 Å². The van der Waals surface area contributed by atoms with Gasteiger partial charge >= 0.3 is 0 Å². The molecule has 1 N–H and O–H groups in total. The highest BCUT2D eigenvalue weighted by molar-refractivity contribution is 5.22. The van der Waals surface area contributed by atoms with E-state index in [-0.39, 0.29) is 0 Å². The van der Waals surface area contributed by atoms with Crippen LogP contribution in [0.25, 0.3) is 0 Å². The topological polar surface area (TPSA) is 42.7 Å². The molecule has 1 aliphatic rings. The minimum absolute atomic E-state index is 0.362. The summed E-state index contributed by atoms with van der Waals surface area (Å²) in [5.74, 6) is 1.07. The fourth-order valence-corrected chi connectivity index (χ4v) is 2.79. The minimum Gasteiger partial charge on any atom is -0.307 e. The van der Waals surface area contributed by atoms with Crippen LogP contribution in [0.1, 0.15) is 49.2 Å². The average molecular weight is 270 g/mol. The standard InChI is InChI=1S/C16H22N4/c1-2-13-6-8-14(9-7-13)11-20-16(18-12-19-20)15-5-3-4-10-17-15/h6-9,12,15,17H,2-5,10-11H2,1H3/t15-/m0/s1. The summed E-state index contributed by atoms with van der Waals surface area (Å²) in [7, 11) is 0. The normalized spacial score (nSPS) is 19.1. The Balaban J connectivity index is 1.75. The van der Waals surface area contributed by atoms with Gasteiger partial charge in [-0.2, -0.15) is 5.10 Å². The van der Waals surface area contributed by atoms with E-state index >= 15 is 0 Å². The van der Waals surface area contributed by atoms with Crippen LogP contribution in [0.4, 0.5) is 0 Å². The molecule has 106 valence electrons. The van der Waals surface area contributed by atoms with E-state index in [1.807, 2.05) is 4.68 Å². The number of rotatable bonds is 4. The second-order valence-electron chi connectivity index (χ2n) is 5.45. The van der Waals surface area contributed by atoms with Gasteiger partial charge in [-0.05, 0) is 36.9 Å². The Labute approximate surface area is 120 Å². The lowest BCUT2D eigenvalue weighted by molar-refractivity contribution is 0.382. The summed E-state index contributed by atoms with van der Waals surface area (Å²) in [6, 6.07) is 9.15. The molecule has 0 radical (unpaired) electrons. The molecule has 4 nitrogen and oxygen atoms in total. The number of hydrogen-bond acceptors (Lipinski definition) is 3. The predicted molar refractivity (Wildman–Crippen MR) is 79.5 cm³/mol. The Kier molecular flexibility index (Phi) is 4.11. The van der Waals surface area contributed by atoms with Gasteiger partial charge < -0.3 is 5.32 Å². The lowest BCUT2D eigenvalue weighted by Crippen LogP contribution is -2.29. The molecule has 0 aliphatic carbocycles. The first-order chi connectivity index (χ1) is 9.86. The van der Waals surface area contributed by atoms with Gasteiger partial charge in [-0.3, -0.25) is 0 Å². The molecule has 0 bridgehead atoms. The summed E-state index contributed by atoms with van der Waals surface area (Å²) < 4.78 is 2.03. The van der Waals surface area contributed by atoms with E-state index in [0.717, 1.165) is 31.8 Å². The van der Waals surface area contributed by atoms with E-state index in [9.17, 15) is 0 Å². The highest BCUT2D eigenvalue weighted by Gasteiger charge is 2.19. The Morgan fingerprint density at radius 3 is 2.70 bits per heavy atom. The lowest BCUT2D eigenvalue weighted by Gasteiger charge is -2.23. The zero-order valence-corrected chi connectivity index (χ0v) is 12.0. The van der Waals surface area contributed by atoms with Crippen LogP contribution in [0.15, 0.2) is 30.6 Å². The average Bonchev–Trinajstić information content (AvgIpc) is 2.97. The van der Waals surface area contributed by atoms with Gasteiger partial charge in [0.25, 0.3) is 0 Å². The zero-order chi connectivity index (χ0) is 13.8. The van der Waals surface area contributed by atoms with Crippen molar-refractivity contribution in [2.45, 2.75) is 45.2 Å². The molecule has 2 heterocycles. The lowest BCUT2D eigenvalue weighted by atomic mass is 10.0. The molecule has 4 heteroatoms. The van der Waals surface area contributed by atoms with Gasteiger partial charge in [0.1, 0.15) is 12.2 Å². The molecular formula is C16H22N4. The van der Waals surface area contributed by atoms with Crippen molar-refractivity contribution in [3.05, 3.63) is 47.5 Å². The summed E-state index contributed by atoms with van der Waals surface area (Å²) in [6.07, 6.45) is 6.46. The van der Waals surface area contributed by atoms with Crippen LogP contribution in [0, 0.1) is 0 Å². The van der Waals surface area contributed by atoms with Crippen molar-refractivity contribution in [3.8, 4) is 0 Å². The highest BCUT2D eigenvalue weighted by Crippen LogP contribution is 2.21. The van der Waals surface area contributed by atoms with E-state index < -0.39 is 0 Å². The number of nitrogens with zero attached hydrogens (tertiary/aromatic N) is 3. The van der Waals surface area contributed by atoms with E-state index in [1.165, 1.54) is 24.0 Å². The third kappa shape index (κ3) is 2.90. The van der Waals surface area contributed by atoms with Gasteiger partial charge in [0.05, 0.1) is 12.6 Å². The summed E-state index contributed by atoms with van der Waals surface area (Å²) in [6.45, 7) is 4.07. The highest BCUT2D eigenvalue weighted by atomic mass is 15.3. The summed E-state index contributed by atoms with van der Waals surface area (Å²) >= 11 is 0. The van der Waals surface area contributed by atoms with Crippen molar-refractivity contribution in [1.82, 2.24) is 20.1 Å². The Bertz CT molecular complexity index is 538. The van der Waals surface area contributed by atoms with Crippen molar-refractivity contribution >= 4 is 0 Å². The zero-order valence-electron chi connectivity index (χ0n) is 12.0. The smallest absolute Gasteiger partial charge is 0.144 e. The SMILES string of the molecule is CCc1ccc(Cn2ncnc2[C@@H]2CCCCN2)cc1. The molecule has 1 atom stereocenters. The monoisotopic (exact) mass is 270 g/mol. The number of benzene rings is 1. The van der Waals surface area contributed by atoms with Crippen molar-refractivity contribution in [3.63, 3.8) is 0 Å². The largest absolute Gasteiger partial charge is 0.307 e. The second kappa shape index (κ2) is 6.18. The van der Waals surface area contributed by atoms with Crippen LogP contribution < -0.4 is 5.32 Å². The van der Waals surface area contributed by atoms with E-state index in [2.05, 4.69) is 46.6 Å². The molecule has 1 fully saturated rings. The second-order valence-corrected chi connectivity index (χ2v) is 5.45. The first-order valence-corrected chi connectivity index (χ1v) is 7.55. The number of aromatic nitrogens is 3. The molecule has 0 amide bonds. The molecule has 20 heavy (non-hydrogen) atoms. The minimum atomic E-state index is 0.362. The number of hydrogen-bond donors (Lipinski definition) is 1. The number of nitrogens with one attached hydrogen (secondary N) is 1. The van der Waals surface area contributed by atoms with Crippen LogP contribution >= 0.6 is 0 Å². The van der Waals surface area contributed by atoms with Gasteiger partial charge in [0.15, 0.2) is 0 Å². The fourth-order valence-electron chi connectivity index (χ4n) is 2.79. The van der Waals surface area contributed by atoms with Crippen molar-refractivity contribution in [2.24, 2.45) is 0 Å². The maximum absolute atomic E-state index is 4.46. The summed E-state index contributed by atoms with van der Waals surface area (Å²) in [5.41, 5.74) is 2.66. The molecule has 1 aromatic carbocycles. The molecule has 1 aliphatic heterocycles. The van der Waals surface area contributed by atoms with E-state index in [0.29, 0.717) is 6.04 Å². The molecule has 3 rings (SSSR count). The van der Waals surface area contributed by atoms with Crippen molar-refractivity contribution in [1.29, 1.82) is 0 Å². The van der Waals surface area contributed by atoms with Gasteiger partial charge in [0, 0.05) is 0 Å². The maximum Gasteiger partial charge on any atom is 0.144 e. The Morgan fingerprint density at radius 1 is 1.20 bits per heavy atom. The summed E-state index contributed by atoms with van der Waals surface area (Å²) in [4.78, 5) is 4.46. The molecule has 0 spiro atoms. The van der Waals surface area contributed by atoms with Gasteiger partial charge in [0.2, 0.25) is 0 Å². The van der Waals surface area contributed by atoms with E-state index in [1.54, 1.807) is 6.33 Å². The predicted octanol–water partition coefficient (Wildman–Crippen LogP) is 2.70. The van der Waals surface area contributed by atoms with Crippen LogP contribution in [0.5, 0.6) is 0 Å². The van der Waals surface area contributed by atoms with Crippen LogP contribution in [0.3, 0.4) is 0 Å². The first kappa shape index (κ1) is 13.3. The third-order valence-corrected chi connectivity index (χ3v) is 4.03. The quantitative estimate of drug-likeness (QED) is 0.929. The summed E-state index contributed by atoms with van der Waals surface area (Å²) in [5, 5.41) is 7.94. The van der Waals surface area contributed by atoms with E-state index in [4.69, 9.17) is 0 Å². The fraction of sp³-hybridized carbons (Fsp3) is 0.500. The van der Waals surface area contributed by atoms with Crippen molar-refractivity contribution in [2.75, 3.05) is 6.54 Å². The molecule has 0 unspecified atom stereocenters. The van der Waals surface area contributed by atoms with Gasteiger partial charge in [-0.25, -0.2) is 9.67 Å². The molecular weight excluding hydrogens is 248 g/mol. The molecule has 2 aromatic rings. The third-order valence-electron chi connectivity index (χ3n) is 4.03. The van der Waals surface area contributed by atoms with Gasteiger partial charge in [-0.1, -0.05) is 37.6 Å². The molecule has 0 saturated carbocycles. The number of piperidine rings is 1. The van der Waals surface area contributed by atoms with Crippen LogP contribution in [0.2, 0.25) is 0 Å². The van der Waals surface area contributed by atoms with Crippen LogP contribution in [-0.4, -0.2) is 21.3 Å². The molecule has 1 saturated heterocycles. The van der Waals surface area contributed by atoms with Crippen molar-refractivity contribution < 1.29 is 0 Å². The first-order valence-electron chi connectivity index (χ1n) is 7.55. The molecule has 1 aromatic heterocycles. The Morgan fingerprint density at radius 2 is 2.00 bits per heavy atom. The van der Waals surface area contributed by atoms with Crippen LogP contribution in [-0.2, 0) is 13.0 Å². The number of aryl methyl sites for hydroxylation is 1. The maximum atomic E-state index is 4.46.